The molecule has 7 heteroatoms. The first-order chi connectivity index (χ1) is 13.5. The molecule has 0 fully saturated rings. The second-order valence-corrected chi connectivity index (χ2v) is 5.95. The fourth-order valence-electron chi connectivity index (χ4n) is 2.50. The molecule has 142 valence electrons. The Morgan fingerprint density at radius 3 is 2.29 bits per heavy atom. The van der Waals surface area contributed by atoms with E-state index in [0.29, 0.717) is 17.0 Å². The van der Waals surface area contributed by atoms with Crippen LogP contribution in [-0.4, -0.2) is 31.0 Å². The van der Waals surface area contributed by atoms with E-state index in [1.54, 1.807) is 6.07 Å². The third kappa shape index (κ3) is 5.07. The molecule has 0 heterocycles. The first kappa shape index (κ1) is 18.9. The molecule has 0 atom stereocenters. The highest BCUT2D eigenvalue weighted by Crippen LogP contribution is 2.20. The van der Waals surface area contributed by atoms with Crippen LogP contribution in [0.25, 0.3) is 10.8 Å². The number of benzene rings is 3. The minimum Gasteiger partial charge on any atom is -0.482 e. The highest BCUT2D eigenvalue weighted by atomic mass is 16.6. The summed E-state index contributed by atoms with van der Waals surface area (Å²) in [6.07, 6.45) is 0. The zero-order chi connectivity index (χ0) is 19.9. The van der Waals surface area contributed by atoms with Crippen LogP contribution in [0.15, 0.2) is 66.7 Å². The molecule has 0 unspecified atom stereocenters. The summed E-state index contributed by atoms with van der Waals surface area (Å²) in [6, 6.07) is 19.3. The van der Waals surface area contributed by atoms with Gasteiger partial charge in [-0.25, -0.2) is 4.79 Å². The molecular weight excluding hydrogens is 360 g/mol. The van der Waals surface area contributed by atoms with Crippen molar-refractivity contribution in [3.05, 3.63) is 72.3 Å². The van der Waals surface area contributed by atoms with E-state index in [0.717, 1.165) is 10.8 Å². The summed E-state index contributed by atoms with van der Waals surface area (Å²) in [6.45, 7) is -0.754. The molecule has 0 saturated carbocycles. The normalized spacial score (nSPS) is 10.3. The third-order valence-electron chi connectivity index (χ3n) is 3.90. The van der Waals surface area contributed by atoms with Crippen LogP contribution in [0.3, 0.4) is 0 Å². The molecule has 0 aliphatic rings. The Bertz CT molecular complexity index is 1010. The molecule has 0 spiro atoms. The Kier molecular flexibility index (Phi) is 5.86. The van der Waals surface area contributed by atoms with E-state index in [-0.39, 0.29) is 6.61 Å². The molecule has 0 aromatic heterocycles. The van der Waals surface area contributed by atoms with Crippen LogP contribution in [0.5, 0.6) is 5.75 Å². The zero-order valence-electron chi connectivity index (χ0n) is 14.9. The molecular formula is C21H18N2O5. The zero-order valence-corrected chi connectivity index (χ0v) is 14.9. The maximum atomic E-state index is 11.8. The predicted octanol–water partition coefficient (Wildman–Crippen LogP) is 2.50. The number of esters is 1. The van der Waals surface area contributed by atoms with Crippen LogP contribution in [0.2, 0.25) is 0 Å². The SMILES string of the molecule is NC(=O)c1ccc(NC(=O)COC(=O)COc2ccc3ccccc3c2)cc1. The van der Waals surface area contributed by atoms with Crippen molar-refractivity contribution in [2.75, 3.05) is 18.5 Å². The van der Waals surface area contributed by atoms with Crippen molar-refractivity contribution < 1.29 is 23.9 Å². The van der Waals surface area contributed by atoms with Gasteiger partial charge >= 0.3 is 5.97 Å². The minimum atomic E-state index is -0.660. The van der Waals surface area contributed by atoms with Gasteiger partial charge in [0.2, 0.25) is 5.91 Å². The van der Waals surface area contributed by atoms with E-state index in [1.165, 1.54) is 24.3 Å². The smallest absolute Gasteiger partial charge is 0.344 e. The Morgan fingerprint density at radius 2 is 1.57 bits per heavy atom. The quantitative estimate of drug-likeness (QED) is 0.614. The number of primary amides is 1. The van der Waals surface area contributed by atoms with Gasteiger partial charge in [0.05, 0.1) is 0 Å². The van der Waals surface area contributed by atoms with Crippen LogP contribution in [0, 0.1) is 0 Å². The summed E-state index contributed by atoms with van der Waals surface area (Å²) >= 11 is 0. The number of amides is 2. The first-order valence-electron chi connectivity index (χ1n) is 8.48. The predicted molar refractivity (Wildman–Crippen MR) is 104 cm³/mol. The molecule has 3 aromatic rings. The third-order valence-corrected chi connectivity index (χ3v) is 3.90. The molecule has 2 amide bonds. The lowest BCUT2D eigenvalue weighted by Crippen LogP contribution is -2.23. The van der Waals surface area contributed by atoms with Crippen molar-refractivity contribution in [1.29, 1.82) is 0 Å². The summed E-state index contributed by atoms with van der Waals surface area (Å²) in [4.78, 5) is 34.6. The largest absolute Gasteiger partial charge is 0.482 e. The van der Waals surface area contributed by atoms with Crippen molar-refractivity contribution in [2.24, 2.45) is 5.73 Å². The van der Waals surface area contributed by atoms with Crippen molar-refractivity contribution in [1.82, 2.24) is 0 Å². The van der Waals surface area contributed by atoms with Gasteiger partial charge < -0.3 is 20.5 Å². The van der Waals surface area contributed by atoms with Crippen LogP contribution < -0.4 is 15.8 Å². The Hall–Kier alpha value is -3.87. The Morgan fingerprint density at radius 1 is 0.857 bits per heavy atom. The number of ether oxygens (including phenoxy) is 2. The number of carbonyl (C=O) groups is 3. The van der Waals surface area contributed by atoms with Gasteiger partial charge in [-0.2, -0.15) is 0 Å². The fourth-order valence-corrected chi connectivity index (χ4v) is 2.50. The van der Waals surface area contributed by atoms with E-state index in [1.807, 2.05) is 36.4 Å². The summed E-state index contributed by atoms with van der Waals surface area (Å²) < 4.78 is 10.3. The Balaban J connectivity index is 1.44. The molecule has 0 bridgehead atoms. The summed E-state index contributed by atoms with van der Waals surface area (Å²) in [7, 11) is 0. The number of rotatable bonds is 7. The van der Waals surface area contributed by atoms with Gasteiger partial charge in [-0.05, 0) is 47.2 Å². The van der Waals surface area contributed by atoms with E-state index in [2.05, 4.69) is 5.32 Å². The van der Waals surface area contributed by atoms with Crippen LogP contribution in [0.1, 0.15) is 10.4 Å². The molecule has 3 rings (SSSR count). The lowest BCUT2D eigenvalue weighted by atomic mass is 10.1. The van der Waals surface area contributed by atoms with Crippen molar-refractivity contribution in [3.8, 4) is 5.75 Å². The van der Waals surface area contributed by atoms with E-state index < -0.39 is 24.4 Å². The minimum absolute atomic E-state index is 0.307. The second kappa shape index (κ2) is 8.68. The number of hydrogen-bond donors (Lipinski definition) is 2. The highest BCUT2D eigenvalue weighted by molar-refractivity contribution is 5.95. The highest BCUT2D eigenvalue weighted by Gasteiger charge is 2.09. The number of hydrogen-bond acceptors (Lipinski definition) is 5. The second-order valence-electron chi connectivity index (χ2n) is 5.95. The maximum absolute atomic E-state index is 11.8. The molecule has 7 nitrogen and oxygen atoms in total. The molecule has 0 saturated heterocycles. The van der Waals surface area contributed by atoms with Gasteiger partial charge in [-0.3, -0.25) is 9.59 Å². The number of nitrogens with one attached hydrogen (secondary N) is 1. The standard InChI is InChI=1S/C21H18N2O5/c22-21(26)15-5-8-17(9-6-15)23-19(24)12-28-20(25)13-27-18-10-7-14-3-1-2-4-16(14)11-18/h1-11H,12-13H2,(H2,22,26)(H,23,24). The fraction of sp³-hybridized carbons (Fsp3) is 0.0952. The monoisotopic (exact) mass is 378 g/mol. The average molecular weight is 378 g/mol. The lowest BCUT2D eigenvalue weighted by molar-refractivity contribution is -0.149. The lowest BCUT2D eigenvalue weighted by Gasteiger charge is -2.09. The van der Waals surface area contributed by atoms with Gasteiger partial charge in [0.1, 0.15) is 5.75 Å². The maximum Gasteiger partial charge on any atom is 0.344 e. The number of fused-ring (bicyclic) bond motifs is 1. The first-order valence-corrected chi connectivity index (χ1v) is 8.48. The van der Waals surface area contributed by atoms with E-state index >= 15 is 0 Å². The topological polar surface area (TPSA) is 108 Å². The van der Waals surface area contributed by atoms with Gasteiger partial charge in [-0.1, -0.05) is 30.3 Å². The molecule has 3 aromatic carbocycles. The average Bonchev–Trinajstić information content (AvgIpc) is 2.71. The summed E-state index contributed by atoms with van der Waals surface area (Å²) in [5.41, 5.74) is 5.93. The van der Waals surface area contributed by atoms with Crippen molar-refractivity contribution in [2.45, 2.75) is 0 Å². The number of anilines is 1. The number of carbonyl (C=O) groups excluding carboxylic acids is 3. The van der Waals surface area contributed by atoms with E-state index in [9.17, 15) is 14.4 Å². The van der Waals surface area contributed by atoms with Gasteiger partial charge in [0.25, 0.3) is 5.91 Å². The van der Waals surface area contributed by atoms with E-state index in [4.69, 9.17) is 15.2 Å². The molecule has 0 aliphatic carbocycles. The molecule has 3 N–H and O–H groups in total. The molecule has 28 heavy (non-hydrogen) atoms. The van der Waals surface area contributed by atoms with Crippen LogP contribution in [0.4, 0.5) is 5.69 Å². The summed E-state index contributed by atoms with van der Waals surface area (Å²) in [5.74, 6) is -1.19. The van der Waals surface area contributed by atoms with Crippen LogP contribution >= 0.6 is 0 Å². The van der Waals surface area contributed by atoms with Gasteiger partial charge in [0.15, 0.2) is 13.2 Å². The molecule has 0 radical (unpaired) electrons. The van der Waals surface area contributed by atoms with Gasteiger partial charge in [-0.15, -0.1) is 0 Å². The van der Waals surface area contributed by atoms with Crippen molar-refractivity contribution >= 4 is 34.2 Å². The van der Waals surface area contributed by atoms with Gasteiger partial charge in [0, 0.05) is 11.3 Å². The van der Waals surface area contributed by atoms with Crippen molar-refractivity contribution in [3.63, 3.8) is 0 Å². The van der Waals surface area contributed by atoms with Crippen LogP contribution in [-0.2, 0) is 14.3 Å². The summed E-state index contributed by atoms with van der Waals surface area (Å²) in [5, 5.41) is 4.61. The number of nitrogens with two attached hydrogens (primary N) is 1. The molecule has 0 aliphatic heterocycles. The Labute approximate surface area is 161 Å².